The third kappa shape index (κ3) is 8.14. The van der Waals surface area contributed by atoms with Gasteiger partial charge in [-0.15, -0.1) is 0 Å². The molecule has 0 unspecified atom stereocenters. The third-order valence-electron chi connectivity index (χ3n) is 8.52. The van der Waals surface area contributed by atoms with Crippen LogP contribution in [0.1, 0.15) is 90.0 Å². The van der Waals surface area contributed by atoms with E-state index in [2.05, 4.69) is 5.32 Å². The smallest absolute Gasteiger partial charge is 0.222 e. The minimum Gasteiger partial charge on any atom is -0.385 e. The van der Waals surface area contributed by atoms with Gasteiger partial charge in [0.1, 0.15) is 5.82 Å². The maximum Gasteiger partial charge on any atom is 0.222 e. The van der Waals surface area contributed by atoms with Crippen molar-refractivity contribution in [3.8, 4) is 0 Å². The van der Waals surface area contributed by atoms with Gasteiger partial charge in [0.2, 0.25) is 11.8 Å². The largest absolute Gasteiger partial charge is 0.385 e. The Balaban J connectivity index is 1.74. The predicted octanol–water partition coefficient (Wildman–Crippen LogP) is 5.15. The van der Waals surface area contributed by atoms with Crippen molar-refractivity contribution < 1.29 is 19.1 Å². The fraction of sp³-hybridized carbons (Fsp3) is 0.724. The Morgan fingerprint density at radius 2 is 1.97 bits per heavy atom. The summed E-state index contributed by atoms with van der Waals surface area (Å²) in [6.07, 6.45) is 9.80. The van der Waals surface area contributed by atoms with E-state index in [0.717, 1.165) is 12.8 Å². The molecule has 2 fully saturated rings. The number of piperidine rings is 1. The molecule has 0 aromatic heterocycles. The number of likely N-dealkylation sites (tertiary alicyclic amines) is 1. The molecule has 3 rings (SSSR count). The molecule has 1 saturated carbocycles. The minimum atomic E-state index is -1.50. The molecule has 1 aliphatic carbocycles. The molecule has 1 saturated heterocycles. The number of halogens is 2. The summed E-state index contributed by atoms with van der Waals surface area (Å²) >= 11 is 6.09. The normalized spacial score (nSPS) is 22.2. The average Bonchev–Trinajstić information content (AvgIpc) is 2.88. The number of hydrogen-bond acceptors (Lipinski definition) is 4. The van der Waals surface area contributed by atoms with Crippen LogP contribution in [0.25, 0.3) is 0 Å². The van der Waals surface area contributed by atoms with E-state index in [1.807, 2.05) is 11.8 Å². The first kappa shape index (κ1) is 29.9. The summed E-state index contributed by atoms with van der Waals surface area (Å²) in [6, 6.07) is 4.63. The lowest BCUT2D eigenvalue weighted by Crippen LogP contribution is -2.49. The van der Waals surface area contributed by atoms with Crippen LogP contribution in [-0.2, 0) is 15.2 Å². The number of carbonyl (C=O) groups is 2. The van der Waals surface area contributed by atoms with E-state index in [9.17, 15) is 14.7 Å². The molecule has 8 heteroatoms. The molecule has 37 heavy (non-hydrogen) atoms. The SMILES string of the molecule is CC(=O)NCCC[C@](O)(c1cccc(Cl)c1F)[C@@H]1CCCN(C(=O)C[C@@H](CC2CCCCC2)[C@@H](C)N)C1. The number of nitrogens with two attached hydrogens (primary N) is 1. The highest BCUT2D eigenvalue weighted by Gasteiger charge is 2.43. The summed E-state index contributed by atoms with van der Waals surface area (Å²) in [5.41, 5.74) is 4.98. The van der Waals surface area contributed by atoms with Gasteiger partial charge in [0.25, 0.3) is 0 Å². The molecule has 6 nitrogen and oxygen atoms in total. The molecule has 1 aliphatic heterocycles. The van der Waals surface area contributed by atoms with E-state index >= 15 is 4.39 Å². The van der Waals surface area contributed by atoms with Crippen LogP contribution in [0.2, 0.25) is 5.02 Å². The lowest BCUT2D eigenvalue weighted by atomic mass is 9.74. The quantitative estimate of drug-likeness (QED) is 0.340. The molecule has 0 radical (unpaired) electrons. The molecule has 1 aromatic rings. The zero-order valence-corrected chi connectivity index (χ0v) is 23.2. The summed E-state index contributed by atoms with van der Waals surface area (Å²) < 4.78 is 15.2. The van der Waals surface area contributed by atoms with Crippen LogP contribution in [0.4, 0.5) is 4.39 Å². The van der Waals surface area contributed by atoms with Gasteiger partial charge in [0, 0.05) is 50.5 Å². The Hall–Kier alpha value is -1.70. The fourth-order valence-corrected chi connectivity index (χ4v) is 6.48. The number of nitrogens with one attached hydrogen (secondary N) is 1. The maximum atomic E-state index is 15.2. The highest BCUT2D eigenvalue weighted by molar-refractivity contribution is 6.30. The second-order valence-corrected chi connectivity index (χ2v) is 11.8. The first-order valence-electron chi connectivity index (χ1n) is 14.1. The van der Waals surface area contributed by atoms with E-state index < -0.39 is 11.4 Å². The Labute approximate surface area is 226 Å². The monoisotopic (exact) mass is 537 g/mol. The van der Waals surface area contributed by atoms with E-state index in [1.165, 1.54) is 45.1 Å². The highest BCUT2D eigenvalue weighted by Crippen LogP contribution is 2.42. The van der Waals surface area contributed by atoms with Crippen LogP contribution in [0.15, 0.2) is 18.2 Å². The number of carbonyl (C=O) groups excluding carboxylic acids is 2. The van der Waals surface area contributed by atoms with Crippen molar-refractivity contribution in [1.29, 1.82) is 0 Å². The van der Waals surface area contributed by atoms with Crippen LogP contribution in [0.3, 0.4) is 0 Å². The zero-order chi connectivity index (χ0) is 27.0. The molecule has 208 valence electrons. The molecule has 1 heterocycles. The van der Waals surface area contributed by atoms with Gasteiger partial charge in [-0.25, -0.2) is 4.39 Å². The lowest BCUT2D eigenvalue weighted by molar-refractivity contribution is -0.138. The molecule has 2 amide bonds. The van der Waals surface area contributed by atoms with Crippen LogP contribution < -0.4 is 11.1 Å². The van der Waals surface area contributed by atoms with Gasteiger partial charge in [-0.05, 0) is 56.9 Å². The van der Waals surface area contributed by atoms with Gasteiger partial charge in [-0.2, -0.15) is 0 Å². The number of rotatable bonds is 11. The minimum absolute atomic E-state index is 0.0379. The lowest BCUT2D eigenvalue weighted by Gasteiger charge is -2.43. The second kappa shape index (κ2) is 13.9. The Kier molecular flexibility index (Phi) is 11.2. The van der Waals surface area contributed by atoms with Gasteiger partial charge >= 0.3 is 0 Å². The summed E-state index contributed by atoms with van der Waals surface area (Å²) in [7, 11) is 0. The van der Waals surface area contributed by atoms with Crippen molar-refractivity contribution in [2.75, 3.05) is 19.6 Å². The van der Waals surface area contributed by atoms with Crippen LogP contribution in [0, 0.1) is 23.6 Å². The van der Waals surface area contributed by atoms with Crippen molar-refractivity contribution in [1.82, 2.24) is 10.2 Å². The van der Waals surface area contributed by atoms with Gasteiger partial charge in [-0.3, -0.25) is 9.59 Å². The molecule has 0 bridgehead atoms. The molecule has 4 N–H and O–H groups in total. The third-order valence-corrected chi connectivity index (χ3v) is 8.81. The summed E-state index contributed by atoms with van der Waals surface area (Å²) in [6.45, 7) is 4.81. The Morgan fingerprint density at radius 3 is 2.65 bits per heavy atom. The van der Waals surface area contributed by atoms with Gasteiger partial charge < -0.3 is 21.1 Å². The maximum absolute atomic E-state index is 15.2. The molecular formula is C29H45ClFN3O3. The molecule has 4 atom stereocenters. The predicted molar refractivity (Wildman–Crippen MR) is 145 cm³/mol. The van der Waals surface area contributed by atoms with E-state index in [-0.39, 0.29) is 46.7 Å². The number of amides is 2. The number of benzene rings is 1. The van der Waals surface area contributed by atoms with Gasteiger partial charge in [0.15, 0.2) is 0 Å². The number of hydrogen-bond donors (Lipinski definition) is 3. The molecular weight excluding hydrogens is 493 g/mol. The van der Waals surface area contributed by atoms with E-state index in [4.69, 9.17) is 17.3 Å². The Morgan fingerprint density at radius 1 is 1.24 bits per heavy atom. The molecule has 1 aromatic carbocycles. The summed E-state index contributed by atoms with van der Waals surface area (Å²) in [5.74, 6) is -0.274. The molecule has 2 aliphatic rings. The standard InChI is InChI=1S/C29H45ClFN3O3/c1-20(32)23(17-22-9-4-3-5-10-22)18-27(36)34-16-7-11-24(19-34)29(37,14-8-15-33-21(2)35)25-12-6-13-26(30)28(25)31/h6,12-13,20,22-24,37H,3-5,7-11,14-19,32H2,1-2H3,(H,33,35)/t20-,23-,24-,29-/m1/s1. The zero-order valence-electron chi connectivity index (χ0n) is 22.5. The van der Waals surface area contributed by atoms with Gasteiger partial charge in [-0.1, -0.05) is 55.8 Å². The van der Waals surface area contributed by atoms with Crippen LogP contribution in [-0.4, -0.2) is 47.5 Å². The van der Waals surface area contributed by atoms with E-state index in [1.54, 1.807) is 12.1 Å². The van der Waals surface area contributed by atoms with Crippen LogP contribution >= 0.6 is 11.6 Å². The highest BCUT2D eigenvalue weighted by atomic mass is 35.5. The van der Waals surface area contributed by atoms with Gasteiger partial charge in [0.05, 0.1) is 10.6 Å². The average molecular weight is 538 g/mol. The van der Waals surface area contributed by atoms with Crippen LogP contribution in [0.5, 0.6) is 0 Å². The summed E-state index contributed by atoms with van der Waals surface area (Å²) in [4.78, 5) is 26.6. The van der Waals surface area contributed by atoms with Crippen molar-refractivity contribution in [2.24, 2.45) is 23.5 Å². The van der Waals surface area contributed by atoms with Crippen molar-refractivity contribution in [3.05, 3.63) is 34.6 Å². The Bertz CT molecular complexity index is 908. The van der Waals surface area contributed by atoms with Crippen molar-refractivity contribution in [3.63, 3.8) is 0 Å². The first-order chi connectivity index (χ1) is 17.6. The second-order valence-electron chi connectivity index (χ2n) is 11.4. The first-order valence-corrected chi connectivity index (χ1v) is 14.4. The van der Waals surface area contributed by atoms with Crippen molar-refractivity contribution in [2.45, 2.75) is 96.1 Å². The van der Waals surface area contributed by atoms with Crippen molar-refractivity contribution >= 4 is 23.4 Å². The van der Waals surface area contributed by atoms with E-state index in [0.29, 0.717) is 44.8 Å². The number of nitrogens with zero attached hydrogens (tertiary/aromatic N) is 1. The summed E-state index contributed by atoms with van der Waals surface area (Å²) in [5, 5.41) is 14.7. The fourth-order valence-electron chi connectivity index (χ4n) is 6.30. The number of aliphatic hydroxyl groups is 1. The topological polar surface area (TPSA) is 95.7 Å². The molecule has 0 spiro atoms.